The molecule has 7 heteroatoms. The van der Waals surface area contributed by atoms with E-state index in [2.05, 4.69) is 4.74 Å². The molecule has 0 saturated carbocycles. The summed E-state index contributed by atoms with van der Waals surface area (Å²) in [5.41, 5.74) is 0. The molecule has 0 atom stereocenters. The van der Waals surface area contributed by atoms with Crippen LogP contribution in [0, 0.1) is 5.92 Å². The molecule has 0 unspecified atom stereocenters. The lowest BCUT2D eigenvalue weighted by Crippen LogP contribution is -2.39. The number of piperidine rings is 1. The fraction of sp³-hybridized carbons (Fsp3) is 0.917. The van der Waals surface area contributed by atoms with Gasteiger partial charge in [0, 0.05) is 6.54 Å². The third-order valence-electron chi connectivity index (χ3n) is 3.03. The highest BCUT2D eigenvalue weighted by molar-refractivity contribution is 5.72. The highest BCUT2D eigenvalue weighted by atomic mass is 19.4. The van der Waals surface area contributed by atoms with E-state index in [0.717, 1.165) is 0 Å². The maximum absolute atomic E-state index is 11.8. The average Bonchev–Trinajstić information content (AvgIpc) is 2.34. The number of halogens is 3. The van der Waals surface area contributed by atoms with Gasteiger partial charge < -0.3 is 14.4 Å². The van der Waals surface area contributed by atoms with Crippen molar-refractivity contribution in [2.75, 3.05) is 39.5 Å². The molecule has 1 heterocycles. The Morgan fingerprint density at radius 3 is 2.47 bits per heavy atom. The first-order valence-electron chi connectivity index (χ1n) is 6.46. The van der Waals surface area contributed by atoms with E-state index in [4.69, 9.17) is 4.74 Å². The molecule has 1 fully saturated rings. The van der Waals surface area contributed by atoms with Gasteiger partial charge in [0.15, 0.2) is 0 Å². The maximum Gasteiger partial charge on any atom is 0.411 e. The quantitative estimate of drug-likeness (QED) is 0.551. The van der Waals surface area contributed by atoms with Gasteiger partial charge in [-0.3, -0.25) is 4.79 Å². The van der Waals surface area contributed by atoms with Crippen molar-refractivity contribution in [3.8, 4) is 0 Å². The summed E-state index contributed by atoms with van der Waals surface area (Å²) in [6.45, 7) is 2.86. The predicted octanol–water partition coefficient (Wildman–Crippen LogP) is 1.84. The van der Waals surface area contributed by atoms with Crippen LogP contribution in [-0.2, 0) is 14.3 Å². The van der Waals surface area contributed by atoms with Crippen LogP contribution in [0.1, 0.15) is 19.8 Å². The molecule has 0 aliphatic carbocycles. The minimum absolute atomic E-state index is 0.0591. The minimum Gasteiger partial charge on any atom is -0.466 e. The monoisotopic (exact) mass is 283 g/mol. The van der Waals surface area contributed by atoms with Crippen LogP contribution in [0.2, 0.25) is 0 Å². The Labute approximate surface area is 110 Å². The standard InChI is InChI=1S/C12H20F3NO3/c1-2-19-11(17)10-3-5-16(6-4-10)7-8-18-9-12(13,14)15/h10H,2-9H2,1H3. The normalized spacial score (nSPS) is 18.5. The second kappa shape index (κ2) is 7.69. The highest BCUT2D eigenvalue weighted by Crippen LogP contribution is 2.18. The Bertz CT molecular complexity index is 276. The number of likely N-dealkylation sites (tertiary alicyclic amines) is 1. The number of rotatable bonds is 6. The first-order chi connectivity index (χ1) is 8.92. The molecule has 0 aromatic heterocycles. The molecule has 4 nitrogen and oxygen atoms in total. The number of nitrogens with zero attached hydrogens (tertiary/aromatic N) is 1. The highest BCUT2D eigenvalue weighted by Gasteiger charge is 2.28. The largest absolute Gasteiger partial charge is 0.466 e. The zero-order valence-electron chi connectivity index (χ0n) is 11.0. The van der Waals surface area contributed by atoms with Gasteiger partial charge in [0.1, 0.15) is 6.61 Å². The summed E-state index contributed by atoms with van der Waals surface area (Å²) in [6.07, 6.45) is -2.88. The van der Waals surface area contributed by atoms with Crippen molar-refractivity contribution < 1.29 is 27.4 Å². The Kier molecular flexibility index (Phi) is 6.57. The van der Waals surface area contributed by atoms with Crippen LogP contribution in [0.15, 0.2) is 0 Å². The minimum atomic E-state index is -4.27. The van der Waals surface area contributed by atoms with Crippen LogP contribution < -0.4 is 0 Å². The van der Waals surface area contributed by atoms with Crippen LogP contribution in [-0.4, -0.2) is 56.5 Å². The Balaban J connectivity index is 2.11. The Hall–Kier alpha value is -0.820. The van der Waals surface area contributed by atoms with Crippen molar-refractivity contribution in [2.24, 2.45) is 5.92 Å². The van der Waals surface area contributed by atoms with Crippen LogP contribution in [0.25, 0.3) is 0 Å². The summed E-state index contributed by atoms with van der Waals surface area (Å²) in [6, 6.07) is 0. The fourth-order valence-electron chi connectivity index (χ4n) is 2.03. The summed E-state index contributed by atoms with van der Waals surface area (Å²) in [7, 11) is 0. The van der Waals surface area contributed by atoms with Crippen molar-refractivity contribution >= 4 is 5.97 Å². The number of carbonyl (C=O) groups excluding carboxylic acids is 1. The Morgan fingerprint density at radius 2 is 1.95 bits per heavy atom. The molecule has 0 aromatic carbocycles. The maximum atomic E-state index is 11.8. The van der Waals surface area contributed by atoms with Gasteiger partial charge in [0.2, 0.25) is 0 Å². The molecule has 0 spiro atoms. The lowest BCUT2D eigenvalue weighted by molar-refractivity contribution is -0.175. The number of esters is 1. The first-order valence-corrected chi connectivity index (χ1v) is 6.46. The molecule has 19 heavy (non-hydrogen) atoms. The lowest BCUT2D eigenvalue weighted by atomic mass is 9.97. The summed E-state index contributed by atoms with van der Waals surface area (Å²) >= 11 is 0. The zero-order valence-corrected chi connectivity index (χ0v) is 11.0. The van der Waals surface area contributed by atoms with E-state index in [1.807, 2.05) is 4.90 Å². The molecule has 0 bridgehead atoms. The van der Waals surface area contributed by atoms with Crippen LogP contribution in [0.3, 0.4) is 0 Å². The van der Waals surface area contributed by atoms with Crippen LogP contribution in [0.5, 0.6) is 0 Å². The van der Waals surface area contributed by atoms with Gasteiger partial charge in [0.05, 0.1) is 19.1 Å². The third kappa shape index (κ3) is 6.77. The molecular weight excluding hydrogens is 263 g/mol. The molecule has 1 saturated heterocycles. The molecule has 0 amide bonds. The van der Waals surface area contributed by atoms with Gasteiger partial charge in [-0.2, -0.15) is 13.2 Å². The van der Waals surface area contributed by atoms with E-state index < -0.39 is 12.8 Å². The first kappa shape index (κ1) is 16.2. The molecule has 0 radical (unpaired) electrons. The predicted molar refractivity (Wildman–Crippen MR) is 62.7 cm³/mol. The van der Waals surface area contributed by atoms with Crippen LogP contribution in [0.4, 0.5) is 13.2 Å². The van der Waals surface area contributed by atoms with Crippen molar-refractivity contribution in [1.82, 2.24) is 4.90 Å². The van der Waals surface area contributed by atoms with Crippen molar-refractivity contribution in [3.05, 3.63) is 0 Å². The summed E-state index contributed by atoms with van der Waals surface area (Å²) in [5, 5.41) is 0. The SMILES string of the molecule is CCOC(=O)C1CCN(CCOCC(F)(F)F)CC1. The van der Waals surface area contributed by atoms with Gasteiger partial charge >= 0.3 is 12.1 Å². The molecule has 1 aliphatic heterocycles. The second-order valence-electron chi connectivity index (χ2n) is 4.54. The molecular formula is C12H20F3NO3. The van der Waals surface area contributed by atoms with E-state index in [1.54, 1.807) is 6.92 Å². The van der Waals surface area contributed by atoms with E-state index in [0.29, 0.717) is 39.1 Å². The number of alkyl halides is 3. The smallest absolute Gasteiger partial charge is 0.411 e. The van der Waals surface area contributed by atoms with Crippen molar-refractivity contribution in [3.63, 3.8) is 0 Å². The van der Waals surface area contributed by atoms with Gasteiger partial charge in [0.25, 0.3) is 0 Å². The number of carbonyl (C=O) groups is 1. The van der Waals surface area contributed by atoms with Gasteiger partial charge in [-0.25, -0.2) is 0 Å². The third-order valence-corrected chi connectivity index (χ3v) is 3.03. The number of ether oxygens (including phenoxy) is 2. The van der Waals surface area contributed by atoms with E-state index in [1.165, 1.54) is 0 Å². The lowest BCUT2D eigenvalue weighted by Gasteiger charge is -2.30. The summed E-state index contributed by atoms with van der Waals surface area (Å²) in [4.78, 5) is 13.5. The van der Waals surface area contributed by atoms with Gasteiger partial charge in [-0.1, -0.05) is 0 Å². The molecule has 112 valence electrons. The zero-order chi connectivity index (χ0) is 14.3. The van der Waals surface area contributed by atoms with E-state index in [-0.39, 0.29) is 18.5 Å². The van der Waals surface area contributed by atoms with Gasteiger partial charge in [-0.15, -0.1) is 0 Å². The number of hydrogen-bond acceptors (Lipinski definition) is 4. The molecule has 1 aliphatic rings. The second-order valence-corrected chi connectivity index (χ2v) is 4.54. The Morgan fingerprint density at radius 1 is 1.32 bits per heavy atom. The summed E-state index contributed by atoms with van der Waals surface area (Å²) < 4.78 is 45.0. The molecule has 0 aromatic rings. The van der Waals surface area contributed by atoms with Crippen molar-refractivity contribution in [1.29, 1.82) is 0 Å². The van der Waals surface area contributed by atoms with E-state index >= 15 is 0 Å². The average molecular weight is 283 g/mol. The topological polar surface area (TPSA) is 38.8 Å². The number of hydrogen-bond donors (Lipinski definition) is 0. The van der Waals surface area contributed by atoms with Crippen LogP contribution >= 0.6 is 0 Å². The fourth-order valence-corrected chi connectivity index (χ4v) is 2.03. The molecule has 0 N–H and O–H groups in total. The van der Waals surface area contributed by atoms with E-state index in [9.17, 15) is 18.0 Å². The molecule has 1 rings (SSSR count). The van der Waals surface area contributed by atoms with Crippen molar-refractivity contribution in [2.45, 2.75) is 25.9 Å². The van der Waals surface area contributed by atoms with Gasteiger partial charge in [-0.05, 0) is 32.9 Å². The summed E-state index contributed by atoms with van der Waals surface area (Å²) in [5.74, 6) is -0.247.